The average Bonchev–Trinajstić information content (AvgIpc) is 2.14. The third-order valence-electron chi connectivity index (χ3n) is 1.75. The maximum absolute atomic E-state index is 10.3. The fourth-order valence-corrected chi connectivity index (χ4v) is 1.32. The van der Waals surface area contributed by atoms with Crippen molar-refractivity contribution in [2.45, 2.75) is 6.42 Å². The van der Waals surface area contributed by atoms with Crippen molar-refractivity contribution in [3.8, 4) is 0 Å². The second-order valence-electron chi connectivity index (χ2n) is 2.88. The van der Waals surface area contributed by atoms with Crippen LogP contribution in [0.4, 0.5) is 5.82 Å². The smallest absolute Gasteiger partial charge is 0.305 e. The van der Waals surface area contributed by atoms with Gasteiger partial charge in [-0.2, -0.15) is 0 Å². The van der Waals surface area contributed by atoms with Crippen LogP contribution in [0.25, 0.3) is 0 Å². The highest BCUT2D eigenvalue weighted by atomic mass is 79.9. The van der Waals surface area contributed by atoms with E-state index in [0.29, 0.717) is 6.54 Å². The lowest BCUT2D eigenvalue weighted by molar-refractivity contribution is -0.136. The van der Waals surface area contributed by atoms with Gasteiger partial charge < -0.3 is 10.0 Å². The second-order valence-corrected chi connectivity index (χ2v) is 3.70. The minimum atomic E-state index is -0.799. The van der Waals surface area contributed by atoms with Crippen LogP contribution in [0.1, 0.15) is 6.42 Å². The monoisotopic (exact) mass is 258 g/mol. The number of rotatable bonds is 4. The maximum Gasteiger partial charge on any atom is 0.305 e. The van der Waals surface area contributed by atoms with Gasteiger partial charge in [0, 0.05) is 13.6 Å². The minimum absolute atomic E-state index is 0.116. The van der Waals surface area contributed by atoms with Gasteiger partial charge >= 0.3 is 5.97 Å². The van der Waals surface area contributed by atoms with E-state index in [1.807, 2.05) is 25.2 Å². The van der Waals surface area contributed by atoms with E-state index in [4.69, 9.17) is 5.11 Å². The second kappa shape index (κ2) is 4.95. The van der Waals surface area contributed by atoms with Gasteiger partial charge in [-0.15, -0.1) is 0 Å². The summed E-state index contributed by atoms with van der Waals surface area (Å²) in [6.45, 7) is 0.457. The zero-order chi connectivity index (χ0) is 10.6. The molecule has 14 heavy (non-hydrogen) atoms. The van der Waals surface area contributed by atoms with E-state index >= 15 is 0 Å². The number of pyridine rings is 1. The highest BCUT2D eigenvalue weighted by Gasteiger charge is 2.04. The number of halogens is 1. The van der Waals surface area contributed by atoms with Crippen LogP contribution in [-0.4, -0.2) is 29.7 Å². The number of aliphatic carboxylic acids is 1. The van der Waals surface area contributed by atoms with Crippen LogP contribution in [-0.2, 0) is 4.79 Å². The number of anilines is 1. The van der Waals surface area contributed by atoms with E-state index in [2.05, 4.69) is 20.9 Å². The summed E-state index contributed by atoms with van der Waals surface area (Å²) in [5.41, 5.74) is 0. The molecule has 0 saturated heterocycles. The van der Waals surface area contributed by atoms with Crippen LogP contribution in [0.3, 0.4) is 0 Å². The molecule has 1 rings (SSSR count). The molecule has 1 aromatic heterocycles. The number of nitrogens with zero attached hydrogens (tertiary/aromatic N) is 2. The third kappa shape index (κ3) is 3.33. The first kappa shape index (κ1) is 11.0. The average molecular weight is 259 g/mol. The van der Waals surface area contributed by atoms with Gasteiger partial charge in [-0.1, -0.05) is 6.07 Å². The highest BCUT2D eigenvalue weighted by molar-refractivity contribution is 9.10. The topological polar surface area (TPSA) is 53.4 Å². The predicted molar refractivity (Wildman–Crippen MR) is 57.5 cm³/mol. The third-order valence-corrected chi connectivity index (χ3v) is 2.19. The Bertz CT molecular complexity index is 330. The predicted octanol–water partition coefficient (Wildman–Crippen LogP) is 1.75. The molecule has 0 aliphatic rings. The number of carboxylic acid groups (broad SMARTS) is 1. The summed E-state index contributed by atoms with van der Waals surface area (Å²) in [5, 5.41) is 8.51. The fourth-order valence-electron chi connectivity index (χ4n) is 0.988. The molecule has 0 aromatic carbocycles. The number of hydrogen-bond donors (Lipinski definition) is 1. The summed E-state index contributed by atoms with van der Waals surface area (Å²) < 4.78 is 0.747. The van der Waals surface area contributed by atoms with E-state index in [1.165, 1.54) is 0 Å². The van der Waals surface area contributed by atoms with Gasteiger partial charge in [0.15, 0.2) is 0 Å². The molecule has 1 aromatic rings. The van der Waals surface area contributed by atoms with E-state index in [1.54, 1.807) is 4.90 Å². The fraction of sp³-hybridized carbons (Fsp3) is 0.333. The van der Waals surface area contributed by atoms with Crippen LogP contribution in [0.15, 0.2) is 22.8 Å². The summed E-state index contributed by atoms with van der Waals surface area (Å²) in [6.07, 6.45) is 0.116. The quantitative estimate of drug-likeness (QED) is 0.837. The first-order valence-corrected chi connectivity index (χ1v) is 4.94. The van der Waals surface area contributed by atoms with E-state index in [-0.39, 0.29) is 6.42 Å². The number of carbonyl (C=O) groups is 1. The summed E-state index contributed by atoms with van der Waals surface area (Å²) in [6, 6.07) is 5.53. The van der Waals surface area contributed by atoms with Crippen molar-refractivity contribution in [2.75, 3.05) is 18.5 Å². The van der Waals surface area contributed by atoms with Crippen LogP contribution in [0.5, 0.6) is 0 Å². The standard InChI is InChI=1S/C9H11BrN2O2/c1-12(6-5-9(13)14)8-4-2-3-7(10)11-8/h2-4H,5-6H2,1H3,(H,13,14). The molecule has 0 amide bonds. The maximum atomic E-state index is 10.3. The van der Waals surface area contributed by atoms with Gasteiger partial charge in [0.25, 0.3) is 0 Å². The number of hydrogen-bond acceptors (Lipinski definition) is 3. The molecule has 76 valence electrons. The highest BCUT2D eigenvalue weighted by Crippen LogP contribution is 2.13. The van der Waals surface area contributed by atoms with Crippen molar-refractivity contribution in [3.05, 3.63) is 22.8 Å². The molecule has 1 heterocycles. The van der Waals surface area contributed by atoms with Gasteiger partial charge in [0.05, 0.1) is 6.42 Å². The van der Waals surface area contributed by atoms with Gasteiger partial charge in [-0.3, -0.25) is 4.79 Å². The number of carboxylic acids is 1. The Balaban J connectivity index is 2.60. The molecule has 5 heteroatoms. The van der Waals surface area contributed by atoms with Gasteiger partial charge in [0.2, 0.25) is 0 Å². The lowest BCUT2D eigenvalue weighted by atomic mass is 10.4. The molecule has 0 saturated carbocycles. The van der Waals surface area contributed by atoms with Crippen molar-refractivity contribution in [1.82, 2.24) is 4.98 Å². The van der Waals surface area contributed by atoms with Crippen molar-refractivity contribution < 1.29 is 9.90 Å². The van der Waals surface area contributed by atoms with Gasteiger partial charge in [-0.25, -0.2) is 4.98 Å². The lowest BCUT2D eigenvalue weighted by Crippen LogP contribution is -2.21. The van der Waals surface area contributed by atoms with E-state index in [9.17, 15) is 4.79 Å². The molecule has 0 atom stereocenters. The lowest BCUT2D eigenvalue weighted by Gasteiger charge is -2.16. The normalized spacial score (nSPS) is 9.86. The molecular formula is C9H11BrN2O2. The molecule has 0 aliphatic heterocycles. The zero-order valence-electron chi connectivity index (χ0n) is 7.77. The molecule has 0 aliphatic carbocycles. The molecule has 0 fully saturated rings. The van der Waals surface area contributed by atoms with Crippen molar-refractivity contribution in [1.29, 1.82) is 0 Å². The first-order chi connectivity index (χ1) is 6.59. The Labute approximate surface area is 90.7 Å². The van der Waals surface area contributed by atoms with Gasteiger partial charge in [0.1, 0.15) is 10.4 Å². The van der Waals surface area contributed by atoms with Crippen LogP contribution >= 0.6 is 15.9 Å². The Kier molecular flexibility index (Phi) is 3.88. The molecule has 1 N–H and O–H groups in total. The summed E-state index contributed by atoms with van der Waals surface area (Å²) in [4.78, 5) is 16.4. The molecule has 0 radical (unpaired) electrons. The Morgan fingerprint density at radius 1 is 1.64 bits per heavy atom. The molecule has 4 nitrogen and oxygen atoms in total. The molecule has 0 bridgehead atoms. The zero-order valence-corrected chi connectivity index (χ0v) is 9.36. The van der Waals surface area contributed by atoms with Crippen molar-refractivity contribution >= 4 is 27.7 Å². The van der Waals surface area contributed by atoms with Crippen LogP contribution in [0.2, 0.25) is 0 Å². The van der Waals surface area contributed by atoms with Crippen molar-refractivity contribution in [3.63, 3.8) is 0 Å². The first-order valence-electron chi connectivity index (χ1n) is 4.15. The number of aromatic nitrogens is 1. The SMILES string of the molecule is CN(CCC(=O)O)c1cccc(Br)n1. The Morgan fingerprint density at radius 2 is 2.36 bits per heavy atom. The van der Waals surface area contributed by atoms with Gasteiger partial charge in [-0.05, 0) is 28.1 Å². The van der Waals surface area contributed by atoms with Crippen LogP contribution in [0, 0.1) is 0 Å². The van der Waals surface area contributed by atoms with E-state index in [0.717, 1.165) is 10.4 Å². The summed E-state index contributed by atoms with van der Waals surface area (Å²) in [5.74, 6) is -0.0347. The minimum Gasteiger partial charge on any atom is -0.481 e. The Hall–Kier alpha value is -1.10. The van der Waals surface area contributed by atoms with Crippen LogP contribution < -0.4 is 4.90 Å². The summed E-state index contributed by atoms with van der Waals surface area (Å²) >= 11 is 3.26. The molecule has 0 spiro atoms. The Morgan fingerprint density at radius 3 is 2.93 bits per heavy atom. The van der Waals surface area contributed by atoms with E-state index < -0.39 is 5.97 Å². The molecule has 0 unspecified atom stereocenters. The molecular weight excluding hydrogens is 248 g/mol. The van der Waals surface area contributed by atoms with Crippen molar-refractivity contribution in [2.24, 2.45) is 0 Å². The largest absolute Gasteiger partial charge is 0.481 e. The summed E-state index contributed by atoms with van der Waals surface area (Å²) in [7, 11) is 1.82.